The van der Waals surface area contributed by atoms with Gasteiger partial charge in [-0.15, -0.1) is 0 Å². The summed E-state index contributed by atoms with van der Waals surface area (Å²) < 4.78 is 7.86. The van der Waals surface area contributed by atoms with E-state index in [0.29, 0.717) is 24.1 Å². The van der Waals surface area contributed by atoms with Gasteiger partial charge in [-0.2, -0.15) is 0 Å². The van der Waals surface area contributed by atoms with Gasteiger partial charge in [-0.1, -0.05) is 24.6 Å². The zero-order valence-electron chi connectivity index (χ0n) is 15.1. The molecule has 0 aliphatic carbocycles. The van der Waals surface area contributed by atoms with Crippen LogP contribution in [-0.4, -0.2) is 41.2 Å². The fourth-order valence-electron chi connectivity index (χ4n) is 4.57. The second kappa shape index (κ2) is 7.20. The van der Waals surface area contributed by atoms with Crippen molar-refractivity contribution in [3.63, 3.8) is 0 Å². The molecular weight excluding hydrogens is 312 g/mol. The van der Waals surface area contributed by atoms with Crippen molar-refractivity contribution in [2.75, 3.05) is 19.7 Å². The average molecular weight is 340 g/mol. The van der Waals surface area contributed by atoms with Gasteiger partial charge < -0.3 is 14.2 Å². The highest BCUT2D eigenvalue weighted by Crippen LogP contribution is 2.30. The first kappa shape index (κ1) is 16.6. The summed E-state index contributed by atoms with van der Waals surface area (Å²) in [7, 11) is 0. The molecule has 2 aromatic rings. The van der Waals surface area contributed by atoms with Crippen molar-refractivity contribution in [1.82, 2.24) is 9.47 Å². The number of piperidine rings is 2. The van der Waals surface area contributed by atoms with Crippen LogP contribution < -0.4 is 0 Å². The van der Waals surface area contributed by atoms with Gasteiger partial charge in [-0.05, 0) is 57.7 Å². The first-order valence-electron chi connectivity index (χ1n) is 9.75. The van der Waals surface area contributed by atoms with Crippen LogP contribution in [0.1, 0.15) is 49.4 Å². The molecule has 0 spiro atoms. The summed E-state index contributed by atoms with van der Waals surface area (Å²) in [5, 5.41) is 0.997. The van der Waals surface area contributed by atoms with E-state index in [-0.39, 0.29) is 5.97 Å². The van der Waals surface area contributed by atoms with Crippen LogP contribution >= 0.6 is 0 Å². The number of carbonyl (C=O) groups is 1. The third-order valence-corrected chi connectivity index (χ3v) is 5.98. The molecule has 2 saturated heterocycles. The predicted molar refractivity (Wildman–Crippen MR) is 99.8 cm³/mol. The van der Waals surface area contributed by atoms with Crippen LogP contribution in [0.25, 0.3) is 10.9 Å². The molecule has 4 heteroatoms. The molecule has 2 atom stereocenters. The van der Waals surface area contributed by atoms with E-state index in [1.54, 1.807) is 0 Å². The lowest BCUT2D eigenvalue weighted by Crippen LogP contribution is -2.46. The molecule has 1 aromatic heterocycles. The molecule has 2 unspecified atom stereocenters. The number of hydrogen-bond donors (Lipinski definition) is 0. The summed E-state index contributed by atoms with van der Waals surface area (Å²) in [6.45, 7) is 5.94. The lowest BCUT2D eigenvalue weighted by Gasteiger charge is -2.42. The Morgan fingerprint density at radius 2 is 2.08 bits per heavy atom. The summed E-state index contributed by atoms with van der Waals surface area (Å²) in [6.07, 6.45) is 8.29. The van der Waals surface area contributed by atoms with Crippen LogP contribution in [0.15, 0.2) is 30.5 Å². The molecule has 4 nitrogen and oxygen atoms in total. The maximum Gasteiger partial charge on any atom is 0.340 e. The van der Waals surface area contributed by atoms with Crippen molar-refractivity contribution in [2.24, 2.45) is 5.92 Å². The Balaban J connectivity index is 1.41. The number of benzene rings is 1. The fraction of sp³-hybridized carbons (Fsp3) is 0.571. The number of hydrogen-bond acceptors (Lipinski definition) is 3. The van der Waals surface area contributed by atoms with Crippen molar-refractivity contribution in [3.8, 4) is 0 Å². The predicted octanol–water partition coefficient (Wildman–Crippen LogP) is 4.08. The van der Waals surface area contributed by atoms with E-state index >= 15 is 0 Å². The highest BCUT2D eigenvalue weighted by Gasteiger charge is 2.30. The molecule has 0 amide bonds. The molecule has 4 rings (SSSR count). The monoisotopic (exact) mass is 340 g/mol. The number of fused-ring (bicyclic) bond motifs is 2. The number of aryl methyl sites for hydroxylation is 1. The van der Waals surface area contributed by atoms with Crippen LogP contribution in [0.4, 0.5) is 0 Å². The molecule has 25 heavy (non-hydrogen) atoms. The summed E-state index contributed by atoms with van der Waals surface area (Å²) in [5.41, 5.74) is 1.81. The highest BCUT2D eigenvalue weighted by molar-refractivity contribution is 6.04. The van der Waals surface area contributed by atoms with Crippen LogP contribution in [0.3, 0.4) is 0 Å². The van der Waals surface area contributed by atoms with Gasteiger partial charge in [0.25, 0.3) is 0 Å². The van der Waals surface area contributed by atoms with Crippen LogP contribution in [0.5, 0.6) is 0 Å². The van der Waals surface area contributed by atoms with E-state index < -0.39 is 0 Å². The van der Waals surface area contributed by atoms with Crippen molar-refractivity contribution in [3.05, 3.63) is 36.0 Å². The Morgan fingerprint density at radius 3 is 2.96 bits per heavy atom. The maximum absolute atomic E-state index is 12.7. The van der Waals surface area contributed by atoms with Crippen molar-refractivity contribution < 1.29 is 9.53 Å². The number of rotatable bonds is 4. The lowest BCUT2D eigenvalue weighted by molar-refractivity contribution is 0.0235. The molecule has 3 heterocycles. The molecule has 0 saturated carbocycles. The Kier molecular flexibility index (Phi) is 4.80. The van der Waals surface area contributed by atoms with Gasteiger partial charge in [0.05, 0.1) is 12.2 Å². The van der Waals surface area contributed by atoms with E-state index in [0.717, 1.165) is 23.9 Å². The molecule has 0 bridgehead atoms. The molecule has 2 aliphatic rings. The molecule has 0 radical (unpaired) electrons. The second-order valence-corrected chi connectivity index (χ2v) is 7.52. The second-order valence-electron chi connectivity index (χ2n) is 7.52. The number of para-hydroxylation sites is 1. The van der Waals surface area contributed by atoms with Crippen molar-refractivity contribution in [1.29, 1.82) is 0 Å². The normalized spacial score (nSPS) is 24.2. The minimum absolute atomic E-state index is 0.172. The maximum atomic E-state index is 12.7. The Bertz CT molecular complexity index is 751. The molecule has 2 fully saturated rings. The first-order valence-corrected chi connectivity index (χ1v) is 9.75. The quantitative estimate of drug-likeness (QED) is 0.787. The molecule has 1 aromatic carbocycles. The summed E-state index contributed by atoms with van der Waals surface area (Å²) >= 11 is 0. The van der Waals surface area contributed by atoms with E-state index in [9.17, 15) is 4.79 Å². The van der Waals surface area contributed by atoms with Gasteiger partial charge in [0.1, 0.15) is 0 Å². The zero-order chi connectivity index (χ0) is 17.2. The summed E-state index contributed by atoms with van der Waals surface area (Å²) in [6, 6.07) is 8.79. The molecule has 2 aliphatic heterocycles. The minimum Gasteiger partial charge on any atom is -0.462 e. The van der Waals surface area contributed by atoms with Crippen LogP contribution in [-0.2, 0) is 11.3 Å². The Labute approximate surface area is 149 Å². The Morgan fingerprint density at radius 1 is 1.20 bits per heavy atom. The molecule has 0 N–H and O–H groups in total. The van der Waals surface area contributed by atoms with E-state index in [2.05, 4.69) is 22.5 Å². The lowest BCUT2D eigenvalue weighted by atomic mass is 9.86. The van der Waals surface area contributed by atoms with Gasteiger partial charge in [0.15, 0.2) is 0 Å². The fourth-order valence-corrected chi connectivity index (χ4v) is 4.57. The van der Waals surface area contributed by atoms with Gasteiger partial charge in [-0.3, -0.25) is 0 Å². The minimum atomic E-state index is -0.172. The van der Waals surface area contributed by atoms with Gasteiger partial charge in [-0.25, -0.2) is 4.79 Å². The van der Waals surface area contributed by atoms with Crippen LogP contribution in [0.2, 0.25) is 0 Å². The summed E-state index contributed by atoms with van der Waals surface area (Å²) in [4.78, 5) is 15.3. The van der Waals surface area contributed by atoms with E-state index in [4.69, 9.17) is 4.74 Å². The molecule has 134 valence electrons. The zero-order valence-corrected chi connectivity index (χ0v) is 15.1. The van der Waals surface area contributed by atoms with E-state index in [1.165, 1.54) is 38.8 Å². The van der Waals surface area contributed by atoms with Crippen molar-refractivity contribution in [2.45, 2.75) is 51.6 Å². The highest BCUT2D eigenvalue weighted by atomic mass is 16.5. The average Bonchev–Trinajstić information content (AvgIpc) is 3.05. The number of ether oxygens (including phenoxy) is 1. The molecular formula is C21H28N2O2. The third-order valence-electron chi connectivity index (χ3n) is 5.98. The standard InChI is InChI=1S/C21H28N2O2/c1-2-22-14-19(18-8-3-4-9-20(18)22)21(24)25-15-16-10-12-23-11-6-5-7-17(23)13-16/h3-4,8-9,14,16-17H,2,5-7,10-13,15H2,1H3. The first-order chi connectivity index (χ1) is 12.3. The number of esters is 1. The Hall–Kier alpha value is -1.81. The topological polar surface area (TPSA) is 34.5 Å². The van der Waals surface area contributed by atoms with Gasteiger partial charge in [0.2, 0.25) is 0 Å². The van der Waals surface area contributed by atoms with Crippen molar-refractivity contribution >= 4 is 16.9 Å². The van der Waals surface area contributed by atoms with Crippen LogP contribution in [0, 0.1) is 5.92 Å². The largest absolute Gasteiger partial charge is 0.462 e. The SMILES string of the molecule is CCn1cc(C(=O)OCC2CCN3CCCCC3C2)c2ccccc21. The van der Waals surface area contributed by atoms with E-state index in [1.807, 2.05) is 24.4 Å². The number of aromatic nitrogens is 1. The summed E-state index contributed by atoms with van der Waals surface area (Å²) in [5.74, 6) is 0.345. The van der Waals surface area contributed by atoms with Gasteiger partial charge in [0, 0.05) is 29.7 Å². The smallest absolute Gasteiger partial charge is 0.340 e. The number of nitrogens with zero attached hydrogens (tertiary/aromatic N) is 2. The third kappa shape index (κ3) is 3.32. The van der Waals surface area contributed by atoms with Gasteiger partial charge >= 0.3 is 5.97 Å². The number of carbonyl (C=O) groups excluding carboxylic acids is 1.